The summed E-state index contributed by atoms with van der Waals surface area (Å²) in [5.74, 6) is 5.38. The van der Waals surface area contributed by atoms with Crippen LogP contribution in [0, 0.1) is 6.92 Å². The quantitative estimate of drug-likeness (QED) is 0.475. The number of aromatic nitrogens is 2. The van der Waals surface area contributed by atoms with Crippen LogP contribution < -0.4 is 16.0 Å². The number of para-hydroxylation sites is 1. The fourth-order valence-electron chi connectivity index (χ4n) is 1.48. The van der Waals surface area contributed by atoms with Crippen LogP contribution in [0.5, 0.6) is 5.75 Å². The molecule has 1 aromatic carbocycles. The average molecular weight is 246 g/mol. The smallest absolute Gasteiger partial charge is 0.285 e. The lowest BCUT2D eigenvalue weighted by molar-refractivity contribution is 0.0946. The molecule has 0 aliphatic heterocycles. The first-order valence-electron chi connectivity index (χ1n) is 5.43. The largest absolute Gasteiger partial charge is 0.471 e. The van der Waals surface area contributed by atoms with Gasteiger partial charge < -0.3 is 4.74 Å². The molecule has 0 bridgehead atoms. The third-order valence-corrected chi connectivity index (χ3v) is 2.45. The molecular weight excluding hydrogens is 232 g/mol. The average Bonchev–Trinajstić information content (AvgIpc) is 2.86. The Hall–Kier alpha value is -2.34. The number of carbonyl (C=O) groups excluding carboxylic acids is 1. The fraction of sp³-hybridized carbons (Fsp3) is 0.167. The van der Waals surface area contributed by atoms with Gasteiger partial charge in [-0.25, -0.2) is 10.5 Å². The number of carbonyl (C=O) groups is 1. The normalized spacial score (nSPS) is 10.1. The summed E-state index contributed by atoms with van der Waals surface area (Å²) in [4.78, 5) is 11.2. The Kier molecular flexibility index (Phi) is 3.59. The van der Waals surface area contributed by atoms with E-state index in [9.17, 15) is 4.79 Å². The zero-order valence-corrected chi connectivity index (χ0v) is 9.96. The van der Waals surface area contributed by atoms with Crippen molar-refractivity contribution in [2.45, 2.75) is 13.7 Å². The monoisotopic (exact) mass is 246 g/mol. The van der Waals surface area contributed by atoms with Gasteiger partial charge in [-0.15, -0.1) is 0 Å². The van der Waals surface area contributed by atoms with Gasteiger partial charge in [0.25, 0.3) is 5.91 Å². The first-order valence-corrected chi connectivity index (χ1v) is 5.43. The molecule has 1 amide bonds. The maximum Gasteiger partial charge on any atom is 0.285 e. The molecule has 6 heteroatoms. The molecule has 0 aliphatic rings. The molecule has 0 atom stereocenters. The van der Waals surface area contributed by atoms with Crippen molar-refractivity contribution in [1.82, 2.24) is 15.2 Å². The van der Waals surface area contributed by atoms with E-state index < -0.39 is 5.91 Å². The van der Waals surface area contributed by atoms with Crippen LogP contribution in [0.4, 0.5) is 0 Å². The van der Waals surface area contributed by atoms with E-state index in [1.807, 2.05) is 36.6 Å². The van der Waals surface area contributed by atoms with Crippen molar-refractivity contribution in [3.05, 3.63) is 47.8 Å². The van der Waals surface area contributed by atoms with Crippen LogP contribution in [-0.4, -0.2) is 15.7 Å². The van der Waals surface area contributed by atoms with E-state index in [2.05, 4.69) is 5.10 Å². The Labute approximate surface area is 104 Å². The summed E-state index contributed by atoms with van der Waals surface area (Å²) in [5.41, 5.74) is 3.32. The van der Waals surface area contributed by atoms with E-state index in [1.54, 1.807) is 12.3 Å². The molecule has 0 fully saturated rings. The first kappa shape index (κ1) is 12.1. The number of hydrazine groups is 1. The second-order valence-corrected chi connectivity index (χ2v) is 3.75. The van der Waals surface area contributed by atoms with Crippen molar-refractivity contribution < 1.29 is 9.53 Å². The highest BCUT2D eigenvalue weighted by molar-refractivity contribution is 5.91. The summed E-state index contributed by atoms with van der Waals surface area (Å²) in [6.45, 7) is 2.20. The van der Waals surface area contributed by atoms with Gasteiger partial charge in [-0.1, -0.05) is 18.2 Å². The molecule has 3 N–H and O–H groups in total. The van der Waals surface area contributed by atoms with Gasteiger partial charge in [0.15, 0.2) is 12.4 Å². The number of nitrogen functional groups attached to an aromatic ring is 1. The molecule has 94 valence electrons. The minimum absolute atomic E-state index is 0.239. The third kappa shape index (κ3) is 2.67. The Morgan fingerprint density at radius 3 is 2.94 bits per heavy atom. The fourth-order valence-corrected chi connectivity index (χ4v) is 1.48. The van der Waals surface area contributed by atoms with Crippen LogP contribution in [-0.2, 0) is 6.73 Å². The van der Waals surface area contributed by atoms with E-state index in [0.29, 0.717) is 0 Å². The topological polar surface area (TPSA) is 82.2 Å². The van der Waals surface area contributed by atoms with Crippen molar-refractivity contribution in [2.24, 2.45) is 5.84 Å². The van der Waals surface area contributed by atoms with E-state index in [-0.39, 0.29) is 12.4 Å². The zero-order valence-electron chi connectivity index (χ0n) is 9.96. The number of ether oxygens (including phenoxy) is 1. The molecular formula is C12H14N4O2. The predicted octanol–water partition coefficient (Wildman–Crippen LogP) is 0.832. The van der Waals surface area contributed by atoms with E-state index in [0.717, 1.165) is 11.3 Å². The Morgan fingerprint density at radius 2 is 2.22 bits per heavy atom. The van der Waals surface area contributed by atoms with Gasteiger partial charge in [0, 0.05) is 6.20 Å². The number of nitrogens with two attached hydrogens (primary N) is 1. The Balaban J connectivity index is 2.01. The van der Waals surface area contributed by atoms with Gasteiger partial charge in [0.2, 0.25) is 0 Å². The van der Waals surface area contributed by atoms with Crippen molar-refractivity contribution in [3.63, 3.8) is 0 Å². The number of aryl methyl sites for hydroxylation is 1. The van der Waals surface area contributed by atoms with Crippen molar-refractivity contribution in [3.8, 4) is 5.75 Å². The summed E-state index contributed by atoms with van der Waals surface area (Å²) >= 11 is 0. The summed E-state index contributed by atoms with van der Waals surface area (Å²) in [6.07, 6.45) is 1.66. The molecule has 0 spiro atoms. The summed E-state index contributed by atoms with van der Waals surface area (Å²) in [5, 5.41) is 4.03. The van der Waals surface area contributed by atoms with Gasteiger partial charge in [0.05, 0.1) is 0 Å². The highest BCUT2D eigenvalue weighted by Gasteiger charge is 2.07. The Bertz CT molecular complexity index is 551. The number of rotatable bonds is 4. The molecule has 2 aromatic rings. The molecule has 1 heterocycles. The van der Waals surface area contributed by atoms with E-state index >= 15 is 0 Å². The molecule has 0 saturated carbocycles. The SMILES string of the molecule is Cc1ccccc1OCn1ccc(C(=O)NN)n1. The lowest BCUT2D eigenvalue weighted by atomic mass is 10.2. The van der Waals surface area contributed by atoms with Gasteiger partial charge >= 0.3 is 0 Å². The number of nitrogens with one attached hydrogen (secondary N) is 1. The van der Waals surface area contributed by atoms with Gasteiger partial charge in [0.1, 0.15) is 5.75 Å². The molecule has 1 aromatic heterocycles. The molecule has 18 heavy (non-hydrogen) atoms. The van der Waals surface area contributed by atoms with Crippen LogP contribution in [0.3, 0.4) is 0 Å². The zero-order chi connectivity index (χ0) is 13.0. The standard InChI is InChI=1S/C12H14N4O2/c1-9-4-2-3-5-11(9)18-8-16-7-6-10(15-16)12(17)14-13/h2-7H,8,13H2,1H3,(H,14,17). The lowest BCUT2D eigenvalue weighted by Crippen LogP contribution is -2.30. The van der Waals surface area contributed by atoms with Gasteiger partial charge in [-0.3, -0.25) is 10.2 Å². The Morgan fingerprint density at radius 1 is 1.44 bits per heavy atom. The third-order valence-electron chi connectivity index (χ3n) is 2.45. The van der Waals surface area contributed by atoms with Crippen LogP contribution in [0.25, 0.3) is 0 Å². The minimum atomic E-state index is -0.426. The number of nitrogens with zero attached hydrogens (tertiary/aromatic N) is 2. The van der Waals surface area contributed by atoms with Gasteiger partial charge in [-0.05, 0) is 24.6 Å². The number of amides is 1. The summed E-state index contributed by atoms with van der Waals surface area (Å²) in [7, 11) is 0. The van der Waals surface area contributed by atoms with E-state index in [4.69, 9.17) is 10.6 Å². The molecule has 0 radical (unpaired) electrons. The molecule has 0 saturated heterocycles. The maximum atomic E-state index is 11.2. The minimum Gasteiger partial charge on any atom is -0.471 e. The molecule has 2 rings (SSSR count). The van der Waals surface area contributed by atoms with Gasteiger partial charge in [-0.2, -0.15) is 5.10 Å². The maximum absolute atomic E-state index is 11.2. The van der Waals surface area contributed by atoms with Crippen molar-refractivity contribution in [1.29, 1.82) is 0 Å². The highest BCUT2D eigenvalue weighted by Crippen LogP contribution is 2.16. The van der Waals surface area contributed by atoms with Crippen molar-refractivity contribution in [2.75, 3.05) is 0 Å². The molecule has 6 nitrogen and oxygen atoms in total. The van der Waals surface area contributed by atoms with Crippen LogP contribution in [0.1, 0.15) is 16.1 Å². The summed E-state index contributed by atoms with van der Waals surface area (Å²) in [6, 6.07) is 9.26. The second kappa shape index (κ2) is 5.33. The van der Waals surface area contributed by atoms with E-state index in [1.165, 1.54) is 4.68 Å². The van der Waals surface area contributed by atoms with Crippen molar-refractivity contribution >= 4 is 5.91 Å². The van der Waals surface area contributed by atoms with Crippen LogP contribution in [0.2, 0.25) is 0 Å². The van der Waals surface area contributed by atoms with Crippen LogP contribution >= 0.6 is 0 Å². The molecule has 0 unspecified atom stereocenters. The number of hydrogen-bond acceptors (Lipinski definition) is 4. The summed E-state index contributed by atoms with van der Waals surface area (Å²) < 4.78 is 7.11. The molecule has 0 aliphatic carbocycles. The number of benzene rings is 1. The lowest BCUT2D eigenvalue weighted by Gasteiger charge is -2.08. The van der Waals surface area contributed by atoms with Crippen LogP contribution in [0.15, 0.2) is 36.5 Å². The second-order valence-electron chi connectivity index (χ2n) is 3.75. The predicted molar refractivity (Wildman–Crippen MR) is 65.7 cm³/mol. The number of hydrogen-bond donors (Lipinski definition) is 2. The highest BCUT2D eigenvalue weighted by atomic mass is 16.5. The first-order chi connectivity index (χ1) is 8.70.